The van der Waals surface area contributed by atoms with E-state index in [1.807, 2.05) is 0 Å². The standard InChI is InChI=1S/C18H19F2N3O4/c1-10(14-6-4-12(19)8-15(14)20)21-11(2)18(24)22-16-7-5-13(23(25)26)9-17(16)27-3/h4-11,21H,1-3H3,(H,22,24)/t10-,11+/m1/s1. The van der Waals surface area contributed by atoms with Crippen LogP contribution < -0.4 is 15.4 Å². The Morgan fingerprint density at radius 3 is 2.48 bits per heavy atom. The number of carbonyl (C=O) groups is 1. The van der Waals surface area contributed by atoms with Gasteiger partial charge in [-0.3, -0.25) is 20.2 Å². The Balaban J connectivity index is 2.08. The second-order valence-corrected chi connectivity index (χ2v) is 5.91. The molecule has 2 aromatic carbocycles. The quantitative estimate of drug-likeness (QED) is 0.567. The van der Waals surface area contributed by atoms with Gasteiger partial charge in [0.1, 0.15) is 17.4 Å². The normalized spacial score (nSPS) is 12.9. The minimum Gasteiger partial charge on any atom is -0.494 e. The number of rotatable bonds is 7. The summed E-state index contributed by atoms with van der Waals surface area (Å²) in [6.45, 7) is 3.22. The zero-order chi connectivity index (χ0) is 20.1. The Bertz CT molecular complexity index is 860. The number of methoxy groups -OCH3 is 1. The largest absolute Gasteiger partial charge is 0.494 e. The summed E-state index contributed by atoms with van der Waals surface area (Å²) in [5.41, 5.74) is 0.322. The van der Waals surface area contributed by atoms with E-state index in [2.05, 4.69) is 10.6 Å². The molecule has 0 saturated carbocycles. The average molecular weight is 379 g/mol. The third-order valence-electron chi connectivity index (χ3n) is 3.98. The summed E-state index contributed by atoms with van der Waals surface area (Å²) in [6.07, 6.45) is 0. The summed E-state index contributed by atoms with van der Waals surface area (Å²) in [7, 11) is 1.33. The summed E-state index contributed by atoms with van der Waals surface area (Å²) >= 11 is 0. The van der Waals surface area contributed by atoms with E-state index in [-0.39, 0.29) is 22.7 Å². The molecular weight excluding hydrogens is 360 g/mol. The number of ether oxygens (including phenoxy) is 1. The van der Waals surface area contributed by atoms with Crippen LogP contribution in [-0.4, -0.2) is 24.0 Å². The molecule has 9 heteroatoms. The van der Waals surface area contributed by atoms with E-state index in [9.17, 15) is 23.7 Å². The van der Waals surface area contributed by atoms with Gasteiger partial charge >= 0.3 is 0 Å². The van der Waals surface area contributed by atoms with E-state index in [1.54, 1.807) is 13.8 Å². The lowest BCUT2D eigenvalue weighted by Crippen LogP contribution is -2.39. The number of hydrogen-bond donors (Lipinski definition) is 2. The van der Waals surface area contributed by atoms with E-state index < -0.39 is 34.5 Å². The van der Waals surface area contributed by atoms with Gasteiger partial charge in [0, 0.05) is 23.7 Å². The number of nitro benzene ring substituents is 1. The first-order valence-corrected chi connectivity index (χ1v) is 8.07. The Morgan fingerprint density at radius 2 is 1.89 bits per heavy atom. The zero-order valence-electron chi connectivity index (χ0n) is 15.0. The van der Waals surface area contributed by atoms with E-state index >= 15 is 0 Å². The number of nitrogens with one attached hydrogen (secondary N) is 2. The summed E-state index contributed by atoms with van der Waals surface area (Å²) in [4.78, 5) is 22.6. The fraction of sp³-hybridized carbons (Fsp3) is 0.278. The predicted octanol–water partition coefficient (Wildman–Crippen LogP) is 3.56. The number of amides is 1. The maximum atomic E-state index is 13.8. The second kappa shape index (κ2) is 8.54. The smallest absolute Gasteiger partial charge is 0.273 e. The molecule has 0 bridgehead atoms. The molecule has 0 spiro atoms. The first kappa shape index (κ1) is 20.2. The second-order valence-electron chi connectivity index (χ2n) is 5.91. The molecule has 1 amide bonds. The highest BCUT2D eigenvalue weighted by molar-refractivity contribution is 5.96. The molecule has 7 nitrogen and oxygen atoms in total. The first-order chi connectivity index (χ1) is 12.7. The molecule has 0 aliphatic heterocycles. The minimum atomic E-state index is -0.732. The molecule has 0 fully saturated rings. The molecular formula is C18H19F2N3O4. The van der Waals surface area contributed by atoms with Crippen molar-refractivity contribution >= 4 is 17.3 Å². The number of nitro groups is 1. The molecule has 0 saturated heterocycles. The molecule has 0 aliphatic rings. The maximum absolute atomic E-state index is 13.8. The van der Waals surface area contributed by atoms with Gasteiger partial charge in [-0.1, -0.05) is 6.07 Å². The van der Waals surface area contributed by atoms with Crippen molar-refractivity contribution in [2.45, 2.75) is 25.9 Å². The Kier molecular flexibility index (Phi) is 6.40. The number of carbonyl (C=O) groups excluding carboxylic acids is 1. The van der Waals surface area contributed by atoms with Gasteiger partial charge in [-0.2, -0.15) is 0 Å². The van der Waals surface area contributed by atoms with Crippen molar-refractivity contribution in [2.75, 3.05) is 12.4 Å². The van der Waals surface area contributed by atoms with Gasteiger partial charge in [-0.25, -0.2) is 8.78 Å². The van der Waals surface area contributed by atoms with Crippen LogP contribution in [0.4, 0.5) is 20.2 Å². The van der Waals surface area contributed by atoms with E-state index in [0.29, 0.717) is 0 Å². The van der Waals surface area contributed by atoms with Crippen molar-refractivity contribution in [1.29, 1.82) is 0 Å². The number of benzene rings is 2. The van der Waals surface area contributed by atoms with Crippen LogP contribution >= 0.6 is 0 Å². The van der Waals surface area contributed by atoms with Gasteiger partial charge < -0.3 is 10.1 Å². The predicted molar refractivity (Wildman–Crippen MR) is 95.6 cm³/mol. The fourth-order valence-electron chi connectivity index (χ4n) is 2.53. The van der Waals surface area contributed by atoms with Crippen molar-refractivity contribution < 1.29 is 23.2 Å². The van der Waals surface area contributed by atoms with Crippen LogP contribution in [0.15, 0.2) is 36.4 Å². The van der Waals surface area contributed by atoms with Crippen LogP contribution in [0.2, 0.25) is 0 Å². The van der Waals surface area contributed by atoms with Gasteiger partial charge in [-0.05, 0) is 26.0 Å². The lowest BCUT2D eigenvalue weighted by Gasteiger charge is -2.21. The van der Waals surface area contributed by atoms with Crippen LogP contribution in [0.3, 0.4) is 0 Å². The monoisotopic (exact) mass is 379 g/mol. The van der Waals surface area contributed by atoms with E-state index in [4.69, 9.17) is 4.74 Å². The third-order valence-corrected chi connectivity index (χ3v) is 3.98. The summed E-state index contributed by atoms with van der Waals surface area (Å²) in [5, 5.41) is 16.3. The number of nitrogens with zero attached hydrogens (tertiary/aromatic N) is 1. The van der Waals surface area contributed by atoms with Crippen LogP contribution in [0.1, 0.15) is 25.5 Å². The third kappa shape index (κ3) is 4.98. The summed E-state index contributed by atoms with van der Waals surface area (Å²) in [5.74, 6) is -1.70. The molecule has 0 aliphatic carbocycles. The molecule has 144 valence electrons. The fourth-order valence-corrected chi connectivity index (χ4v) is 2.53. The molecule has 27 heavy (non-hydrogen) atoms. The van der Waals surface area contributed by atoms with Gasteiger partial charge in [0.05, 0.1) is 29.8 Å². The molecule has 0 aromatic heterocycles. The first-order valence-electron chi connectivity index (χ1n) is 8.07. The zero-order valence-corrected chi connectivity index (χ0v) is 15.0. The number of anilines is 1. The topological polar surface area (TPSA) is 93.5 Å². The Labute approximate surface area is 154 Å². The van der Waals surface area contributed by atoms with Crippen LogP contribution in [-0.2, 0) is 4.79 Å². The molecule has 2 atom stereocenters. The molecule has 0 radical (unpaired) electrons. The molecule has 2 aromatic rings. The van der Waals surface area contributed by atoms with Crippen molar-refractivity contribution in [3.63, 3.8) is 0 Å². The lowest BCUT2D eigenvalue weighted by molar-refractivity contribution is -0.384. The number of non-ortho nitro benzene ring substituents is 1. The van der Waals surface area contributed by atoms with Crippen molar-refractivity contribution in [3.8, 4) is 5.75 Å². The Morgan fingerprint density at radius 1 is 1.19 bits per heavy atom. The maximum Gasteiger partial charge on any atom is 0.273 e. The SMILES string of the molecule is COc1cc([N+](=O)[O-])ccc1NC(=O)[C@H](C)N[C@H](C)c1ccc(F)cc1F. The summed E-state index contributed by atoms with van der Waals surface area (Å²) < 4.78 is 31.9. The highest BCUT2D eigenvalue weighted by Gasteiger charge is 2.20. The minimum absolute atomic E-state index is 0.141. The van der Waals surface area contributed by atoms with Crippen molar-refractivity contribution in [1.82, 2.24) is 5.32 Å². The molecule has 2 N–H and O–H groups in total. The average Bonchev–Trinajstić information content (AvgIpc) is 2.61. The lowest BCUT2D eigenvalue weighted by atomic mass is 10.1. The van der Waals surface area contributed by atoms with Crippen molar-refractivity contribution in [3.05, 3.63) is 63.7 Å². The van der Waals surface area contributed by atoms with Crippen LogP contribution in [0.25, 0.3) is 0 Å². The van der Waals surface area contributed by atoms with Crippen LogP contribution in [0.5, 0.6) is 5.75 Å². The summed E-state index contributed by atoms with van der Waals surface area (Å²) in [6, 6.07) is 5.76. The van der Waals surface area contributed by atoms with E-state index in [0.717, 1.165) is 12.1 Å². The van der Waals surface area contributed by atoms with E-state index in [1.165, 1.54) is 31.4 Å². The molecule has 0 heterocycles. The van der Waals surface area contributed by atoms with Gasteiger partial charge in [-0.15, -0.1) is 0 Å². The number of hydrogen-bond acceptors (Lipinski definition) is 5. The molecule has 2 rings (SSSR count). The van der Waals surface area contributed by atoms with Gasteiger partial charge in [0.2, 0.25) is 5.91 Å². The van der Waals surface area contributed by atoms with Gasteiger partial charge in [0.25, 0.3) is 5.69 Å². The Hall–Kier alpha value is -3.07. The number of halogens is 2. The molecule has 0 unspecified atom stereocenters. The van der Waals surface area contributed by atoms with Crippen molar-refractivity contribution in [2.24, 2.45) is 0 Å². The highest BCUT2D eigenvalue weighted by Crippen LogP contribution is 2.29. The highest BCUT2D eigenvalue weighted by atomic mass is 19.1. The van der Waals surface area contributed by atoms with Gasteiger partial charge in [0.15, 0.2) is 0 Å². The van der Waals surface area contributed by atoms with Crippen LogP contribution in [0, 0.1) is 21.7 Å².